The molecule has 7 rings (SSSR count). The first kappa shape index (κ1) is 16.8. The third kappa shape index (κ3) is 2.91. The molecule has 0 saturated carbocycles. The Kier molecular flexibility index (Phi) is 3.96. The number of carbonyl (C=O) groups excluding carboxylic acids is 2. The molecule has 6 fully saturated rings. The van der Waals surface area contributed by atoms with Gasteiger partial charge in [-0.05, 0) is 55.4 Å². The zero-order valence-corrected chi connectivity index (χ0v) is 15.7. The predicted octanol–water partition coefficient (Wildman–Crippen LogP) is 3.35. The van der Waals surface area contributed by atoms with E-state index in [4.69, 9.17) is 0 Å². The number of nitrogens with zero attached hydrogens (tertiary/aromatic N) is 2. The predicted molar refractivity (Wildman–Crippen MR) is 106 cm³/mol. The van der Waals surface area contributed by atoms with Gasteiger partial charge in [0.2, 0.25) is 0 Å². The summed E-state index contributed by atoms with van der Waals surface area (Å²) in [5.41, 5.74) is 4.31. The van der Waals surface area contributed by atoms with Gasteiger partial charge in [0.1, 0.15) is 6.29 Å². The van der Waals surface area contributed by atoms with Crippen molar-refractivity contribution in [3.63, 3.8) is 0 Å². The number of ketones is 1. The second-order valence-corrected chi connectivity index (χ2v) is 8.60. The fourth-order valence-corrected chi connectivity index (χ4v) is 5.14. The van der Waals surface area contributed by atoms with E-state index in [2.05, 4.69) is 46.2 Å². The van der Waals surface area contributed by atoms with Gasteiger partial charge < -0.3 is 14.6 Å². The first-order valence-electron chi connectivity index (χ1n) is 10.2. The van der Waals surface area contributed by atoms with Crippen LogP contribution >= 0.6 is 0 Å². The van der Waals surface area contributed by atoms with Crippen LogP contribution in [0.1, 0.15) is 43.2 Å². The molecular formula is C23H26N2O2. The van der Waals surface area contributed by atoms with Crippen molar-refractivity contribution in [1.82, 2.24) is 9.80 Å². The summed E-state index contributed by atoms with van der Waals surface area (Å²) < 4.78 is 0. The number of benzene rings is 1. The molecule has 0 aromatic heterocycles. The number of carbonyl (C=O) groups is 2. The number of allylic oxidation sites excluding steroid dienone is 2. The van der Waals surface area contributed by atoms with Crippen LogP contribution in [0.15, 0.2) is 35.7 Å². The van der Waals surface area contributed by atoms with E-state index in [9.17, 15) is 9.59 Å². The molecule has 6 aliphatic heterocycles. The van der Waals surface area contributed by atoms with Gasteiger partial charge in [0, 0.05) is 43.2 Å². The number of hydrogen-bond donors (Lipinski definition) is 0. The van der Waals surface area contributed by atoms with Crippen LogP contribution in [0.5, 0.6) is 0 Å². The highest BCUT2D eigenvalue weighted by Crippen LogP contribution is 2.44. The molecule has 0 spiro atoms. The summed E-state index contributed by atoms with van der Waals surface area (Å²) in [7, 11) is 0. The molecule has 0 N–H and O–H groups in total. The van der Waals surface area contributed by atoms with Crippen LogP contribution < -0.4 is 0 Å². The first-order chi connectivity index (χ1) is 13.2. The highest BCUT2D eigenvalue weighted by atomic mass is 16.1. The third-order valence-electron chi connectivity index (χ3n) is 6.98. The number of aldehydes is 1. The van der Waals surface area contributed by atoms with Gasteiger partial charge in [0.05, 0.1) is 5.70 Å². The minimum absolute atomic E-state index is 0.125. The van der Waals surface area contributed by atoms with Crippen molar-refractivity contribution in [2.75, 3.05) is 26.2 Å². The maximum absolute atomic E-state index is 12.5. The Bertz CT molecular complexity index is 820. The summed E-state index contributed by atoms with van der Waals surface area (Å²) >= 11 is 0. The fraction of sp³-hybridized carbons (Fsp3) is 0.478. The third-order valence-corrected chi connectivity index (χ3v) is 6.98. The van der Waals surface area contributed by atoms with Gasteiger partial charge in [-0.3, -0.25) is 4.79 Å². The second-order valence-electron chi connectivity index (χ2n) is 8.60. The highest BCUT2D eigenvalue weighted by molar-refractivity contribution is 6.01. The Labute approximate surface area is 160 Å². The summed E-state index contributed by atoms with van der Waals surface area (Å²) in [6.07, 6.45) is 10.4. The van der Waals surface area contributed by atoms with Crippen molar-refractivity contribution in [2.45, 2.75) is 32.1 Å². The van der Waals surface area contributed by atoms with Crippen molar-refractivity contribution in [1.29, 1.82) is 0 Å². The molecule has 1 aromatic carbocycles. The molecule has 0 atom stereocenters. The lowest BCUT2D eigenvalue weighted by atomic mass is 9.72. The number of fused-ring (bicyclic) bond motifs is 6. The second kappa shape index (κ2) is 6.36. The lowest BCUT2D eigenvalue weighted by molar-refractivity contribution is -0.125. The van der Waals surface area contributed by atoms with Crippen LogP contribution in [0.3, 0.4) is 0 Å². The van der Waals surface area contributed by atoms with Gasteiger partial charge in [-0.1, -0.05) is 24.3 Å². The normalized spacial score (nSPS) is 27.0. The summed E-state index contributed by atoms with van der Waals surface area (Å²) in [6.45, 7) is 4.02. The van der Waals surface area contributed by atoms with Gasteiger partial charge in [0.15, 0.2) is 5.78 Å². The molecule has 27 heavy (non-hydrogen) atoms. The molecule has 6 saturated heterocycles. The van der Waals surface area contributed by atoms with E-state index in [1.165, 1.54) is 12.0 Å². The van der Waals surface area contributed by atoms with Gasteiger partial charge in [-0.2, -0.15) is 0 Å². The largest absolute Gasteiger partial charge is 0.375 e. The molecule has 4 heteroatoms. The average Bonchev–Trinajstić information content (AvgIpc) is 2.73. The van der Waals surface area contributed by atoms with Crippen molar-refractivity contribution in [3.8, 4) is 0 Å². The number of Topliss-reactive ketones (excluding diaryl/α,β-unsaturated/α-hetero) is 1. The maximum Gasteiger partial charge on any atom is 0.182 e. The van der Waals surface area contributed by atoms with E-state index in [1.54, 1.807) is 0 Å². The van der Waals surface area contributed by atoms with Crippen molar-refractivity contribution in [2.24, 2.45) is 11.3 Å². The highest BCUT2D eigenvalue weighted by Gasteiger charge is 2.41. The number of piperidine rings is 6. The molecule has 0 amide bonds. The quantitative estimate of drug-likeness (QED) is 0.611. The fourth-order valence-electron chi connectivity index (χ4n) is 5.14. The monoisotopic (exact) mass is 362 g/mol. The van der Waals surface area contributed by atoms with E-state index in [1.807, 2.05) is 0 Å². The Morgan fingerprint density at radius 2 is 1.52 bits per heavy atom. The summed E-state index contributed by atoms with van der Waals surface area (Å²) in [6, 6.07) is 8.44. The lowest BCUT2D eigenvalue weighted by Crippen LogP contribution is -2.47. The molecule has 0 aliphatic carbocycles. The van der Waals surface area contributed by atoms with Gasteiger partial charge in [0.25, 0.3) is 0 Å². The van der Waals surface area contributed by atoms with Crippen LogP contribution in [0.25, 0.3) is 12.2 Å². The van der Waals surface area contributed by atoms with E-state index >= 15 is 0 Å². The van der Waals surface area contributed by atoms with Crippen LogP contribution in [0.4, 0.5) is 0 Å². The van der Waals surface area contributed by atoms with Gasteiger partial charge in [-0.15, -0.1) is 0 Å². The zero-order valence-electron chi connectivity index (χ0n) is 15.7. The minimum atomic E-state index is -0.125. The van der Waals surface area contributed by atoms with Gasteiger partial charge in [-0.25, -0.2) is 0 Å². The molecule has 6 heterocycles. The standard InChI is InChI=1S/C23H26N2O2/c26-16-23-7-11-24(12-8-23)20(15-23)13-17-1-3-18(4-2-17)14-21-22(27)19-5-9-25(21)10-6-19/h1-4,13-14,16,19H,5-12,15H2/b20-13-,21-14-. The van der Waals surface area contributed by atoms with E-state index < -0.39 is 0 Å². The summed E-state index contributed by atoms with van der Waals surface area (Å²) in [5, 5.41) is 0. The van der Waals surface area contributed by atoms with Crippen LogP contribution in [-0.4, -0.2) is 48.0 Å². The molecule has 4 bridgehead atoms. The molecular weight excluding hydrogens is 336 g/mol. The summed E-state index contributed by atoms with van der Waals surface area (Å²) in [4.78, 5) is 28.7. The SMILES string of the molecule is O=CC12CCN(CC1)/C(=C\c1ccc(/C=C3/C(=O)C4CCN3CC4)cc1)C2. The average molecular weight is 362 g/mol. The molecule has 140 valence electrons. The van der Waals surface area contributed by atoms with Crippen molar-refractivity contribution in [3.05, 3.63) is 46.8 Å². The van der Waals surface area contributed by atoms with E-state index in [0.717, 1.165) is 75.1 Å². The molecule has 6 aliphatic rings. The zero-order chi connectivity index (χ0) is 18.4. The van der Waals surface area contributed by atoms with Crippen LogP contribution in [-0.2, 0) is 9.59 Å². The molecule has 0 unspecified atom stereocenters. The van der Waals surface area contributed by atoms with E-state index in [-0.39, 0.29) is 11.3 Å². The smallest absolute Gasteiger partial charge is 0.182 e. The number of hydrogen-bond acceptors (Lipinski definition) is 4. The Balaban J connectivity index is 1.36. The molecule has 4 nitrogen and oxygen atoms in total. The minimum Gasteiger partial charge on any atom is -0.375 e. The Hall–Kier alpha value is -2.36. The maximum atomic E-state index is 12.5. The lowest BCUT2D eigenvalue weighted by Gasteiger charge is -2.48. The Morgan fingerprint density at radius 1 is 0.889 bits per heavy atom. The first-order valence-corrected chi connectivity index (χ1v) is 10.2. The van der Waals surface area contributed by atoms with Crippen LogP contribution in [0, 0.1) is 11.3 Å². The molecule has 1 aromatic rings. The number of rotatable bonds is 3. The Morgan fingerprint density at radius 3 is 2.11 bits per heavy atom. The summed E-state index contributed by atoms with van der Waals surface area (Å²) in [5.74, 6) is 0.565. The van der Waals surface area contributed by atoms with Gasteiger partial charge >= 0.3 is 0 Å². The van der Waals surface area contributed by atoms with Crippen LogP contribution in [0.2, 0.25) is 0 Å². The molecule has 0 radical (unpaired) electrons. The van der Waals surface area contributed by atoms with Crippen molar-refractivity contribution >= 4 is 24.2 Å². The van der Waals surface area contributed by atoms with Crippen molar-refractivity contribution < 1.29 is 9.59 Å². The van der Waals surface area contributed by atoms with E-state index in [0.29, 0.717) is 5.78 Å². The topological polar surface area (TPSA) is 40.6 Å².